The van der Waals surface area contributed by atoms with E-state index in [4.69, 9.17) is 15.7 Å². The van der Waals surface area contributed by atoms with Crippen molar-refractivity contribution < 1.29 is 35.7 Å². The minimum atomic E-state index is -5.69. The Morgan fingerprint density at radius 3 is 2.42 bits per heavy atom. The lowest BCUT2D eigenvalue weighted by Gasteiger charge is -2.12. The van der Waals surface area contributed by atoms with Gasteiger partial charge in [0.2, 0.25) is 0 Å². The Morgan fingerprint density at radius 2 is 1.92 bits per heavy atom. The Bertz CT molecular complexity index is 659. The first-order chi connectivity index (χ1) is 11.1. The number of rotatable bonds is 8. The molecule has 1 atom stereocenters. The molecule has 24 heavy (non-hydrogen) atoms. The molecule has 0 spiro atoms. The second kappa shape index (κ2) is 8.20. The van der Waals surface area contributed by atoms with Gasteiger partial charge in [-0.25, -0.2) is 0 Å². The van der Waals surface area contributed by atoms with Crippen molar-refractivity contribution in [3.05, 3.63) is 29.8 Å². The van der Waals surface area contributed by atoms with Gasteiger partial charge < -0.3 is 19.9 Å². The summed E-state index contributed by atoms with van der Waals surface area (Å²) in [4.78, 5) is 4.73. The molecule has 0 bridgehead atoms. The van der Waals surface area contributed by atoms with E-state index < -0.39 is 21.4 Å². The zero-order chi connectivity index (χ0) is 18.4. The maximum atomic E-state index is 12.2. The lowest BCUT2D eigenvalue weighted by atomic mass is 10.0. The van der Waals surface area contributed by atoms with Gasteiger partial charge in [-0.1, -0.05) is 24.2 Å². The van der Waals surface area contributed by atoms with Crippen molar-refractivity contribution in [2.45, 2.75) is 18.9 Å². The summed E-state index contributed by atoms with van der Waals surface area (Å²) < 4.78 is 62.4. The average molecular weight is 370 g/mol. The molecule has 0 amide bonds. The smallest absolute Gasteiger partial charge is 0.393 e. The van der Waals surface area contributed by atoms with E-state index in [9.17, 15) is 21.6 Å². The lowest BCUT2D eigenvalue weighted by molar-refractivity contribution is -0.0500. The van der Waals surface area contributed by atoms with E-state index in [2.05, 4.69) is 9.34 Å². The quantitative estimate of drug-likeness (QED) is 0.179. The first-order valence-corrected chi connectivity index (χ1v) is 8.13. The molecule has 0 unspecified atom stereocenters. The van der Waals surface area contributed by atoms with Crippen LogP contribution in [0.15, 0.2) is 29.4 Å². The molecule has 0 saturated carbocycles. The molecular weight excluding hydrogens is 353 g/mol. The predicted molar refractivity (Wildman–Crippen MR) is 79.6 cm³/mol. The number of aliphatic hydroxyl groups is 1. The van der Waals surface area contributed by atoms with Crippen LogP contribution in [-0.4, -0.2) is 38.1 Å². The third-order valence-electron chi connectivity index (χ3n) is 2.81. The number of nitrogens with zero attached hydrogens (tertiary/aromatic N) is 1. The third kappa shape index (κ3) is 5.89. The zero-order valence-electron chi connectivity index (χ0n) is 12.7. The van der Waals surface area contributed by atoms with E-state index >= 15 is 0 Å². The van der Waals surface area contributed by atoms with Crippen molar-refractivity contribution in [1.29, 1.82) is 0 Å². The van der Waals surface area contributed by atoms with Crippen molar-refractivity contribution in [3.63, 3.8) is 0 Å². The molecule has 0 aromatic heterocycles. The third-order valence-corrected chi connectivity index (χ3v) is 3.79. The van der Waals surface area contributed by atoms with E-state index in [0.29, 0.717) is 12.0 Å². The molecule has 1 rings (SSSR count). The molecule has 0 saturated heterocycles. The standard InChI is InChI=1S/C13H17F3N2O5S/c1-9(12(17)18-22-7-6-19)8-10-2-4-11(5-3-10)23-24(20,21)13(14,15)16/h2-5,9,19H,6-8H2,1H3,(H2,17,18)/t9-/m0/s1. The molecule has 0 radical (unpaired) electrons. The van der Waals surface area contributed by atoms with Gasteiger partial charge in [-0.15, -0.1) is 0 Å². The Morgan fingerprint density at radius 1 is 1.33 bits per heavy atom. The van der Waals surface area contributed by atoms with Gasteiger partial charge in [0, 0.05) is 5.92 Å². The summed E-state index contributed by atoms with van der Waals surface area (Å²) in [6.07, 6.45) is 0.393. The van der Waals surface area contributed by atoms with Crippen LogP contribution in [0.4, 0.5) is 13.2 Å². The Kier molecular flexibility index (Phi) is 6.84. The number of alkyl halides is 3. The van der Waals surface area contributed by atoms with Gasteiger partial charge in [-0.3, -0.25) is 0 Å². The summed E-state index contributed by atoms with van der Waals surface area (Å²) in [5, 5.41) is 12.2. The molecule has 0 aliphatic heterocycles. The second-order valence-corrected chi connectivity index (χ2v) is 6.34. The molecule has 0 aliphatic rings. The summed E-state index contributed by atoms with van der Waals surface area (Å²) in [5.41, 5.74) is 0.875. The number of hydrogen-bond donors (Lipinski definition) is 2. The van der Waals surface area contributed by atoms with Crippen LogP contribution in [-0.2, 0) is 21.4 Å². The lowest BCUT2D eigenvalue weighted by Crippen LogP contribution is -2.28. The monoisotopic (exact) mass is 370 g/mol. The molecule has 1 aromatic carbocycles. The summed E-state index contributed by atoms with van der Waals surface area (Å²) in [5.74, 6) is -0.505. The highest BCUT2D eigenvalue weighted by atomic mass is 32.2. The summed E-state index contributed by atoms with van der Waals surface area (Å²) in [6.45, 7) is 1.56. The van der Waals surface area contributed by atoms with Crippen LogP contribution in [0.3, 0.4) is 0 Å². The van der Waals surface area contributed by atoms with Crippen LogP contribution < -0.4 is 9.92 Å². The number of aliphatic hydroxyl groups excluding tert-OH is 1. The first kappa shape index (κ1) is 20.0. The van der Waals surface area contributed by atoms with Crippen molar-refractivity contribution in [2.24, 2.45) is 16.8 Å². The molecule has 0 heterocycles. The van der Waals surface area contributed by atoms with Crippen molar-refractivity contribution in [2.75, 3.05) is 13.2 Å². The summed E-state index contributed by atoms with van der Waals surface area (Å²) in [7, 11) is -5.69. The van der Waals surface area contributed by atoms with Crippen LogP contribution in [0, 0.1) is 5.92 Å². The highest BCUT2D eigenvalue weighted by Crippen LogP contribution is 2.27. The normalized spacial score (nSPS) is 14.3. The first-order valence-electron chi connectivity index (χ1n) is 6.72. The van der Waals surface area contributed by atoms with Crippen LogP contribution in [0.1, 0.15) is 12.5 Å². The summed E-state index contributed by atoms with van der Waals surface area (Å²) in [6, 6.07) is 5.06. The number of halogens is 3. The van der Waals surface area contributed by atoms with E-state index in [1.165, 1.54) is 12.1 Å². The van der Waals surface area contributed by atoms with Crippen LogP contribution in [0.2, 0.25) is 0 Å². The van der Waals surface area contributed by atoms with Crippen LogP contribution in [0.5, 0.6) is 5.75 Å². The zero-order valence-corrected chi connectivity index (χ0v) is 13.5. The van der Waals surface area contributed by atoms with Crippen molar-refractivity contribution in [3.8, 4) is 5.75 Å². The van der Waals surface area contributed by atoms with Gasteiger partial charge in [0.15, 0.2) is 0 Å². The maximum absolute atomic E-state index is 12.2. The van der Waals surface area contributed by atoms with E-state index in [1.807, 2.05) is 0 Å². The minimum absolute atomic E-state index is 0.00708. The average Bonchev–Trinajstić information content (AvgIpc) is 2.48. The number of amidine groups is 1. The molecule has 136 valence electrons. The van der Waals surface area contributed by atoms with Crippen LogP contribution >= 0.6 is 0 Å². The molecule has 0 aliphatic carbocycles. The van der Waals surface area contributed by atoms with Gasteiger partial charge in [-0.05, 0) is 24.1 Å². The SMILES string of the molecule is C[C@@H](Cc1ccc(OS(=O)(=O)C(F)(F)F)cc1)/C(N)=N/OCCO. The number of benzene rings is 1. The number of oxime groups is 1. The van der Waals surface area contributed by atoms with E-state index in [1.54, 1.807) is 6.92 Å². The van der Waals surface area contributed by atoms with E-state index in [-0.39, 0.29) is 25.0 Å². The Balaban J connectivity index is 2.70. The van der Waals surface area contributed by atoms with Gasteiger partial charge in [0.05, 0.1) is 6.61 Å². The van der Waals surface area contributed by atoms with Crippen molar-refractivity contribution >= 4 is 16.0 Å². The highest BCUT2D eigenvalue weighted by molar-refractivity contribution is 7.87. The van der Waals surface area contributed by atoms with Gasteiger partial charge in [0.1, 0.15) is 18.2 Å². The fourth-order valence-electron chi connectivity index (χ4n) is 1.56. The maximum Gasteiger partial charge on any atom is 0.534 e. The molecular formula is C13H17F3N2O5S. The van der Waals surface area contributed by atoms with Crippen molar-refractivity contribution in [1.82, 2.24) is 0 Å². The molecule has 3 N–H and O–H groups in total. The Hall–Kier alpha value is -2.01. The van der Waals surface area contributed by atoms with Gasteiger partial charge in [0.25, 0.3) is 0 Å². The summed E-state index contributed by atoms with van der Waals surface area (Å²) >= 11 is 0. The fraction of sp³-hybridized carbons (Fsp3) is 0.462. The number of hydrogen-bond acceptors (Lipinski definition) is 6. The molecule has 1 aromatic rings. The Labute approximate surface area is 137 Å². The van der Waals surface area contributed by atoms with E-state index in [0.717, 1.165) is 12.1 Å². The highest BCUT2D eigenvalue weighted by Gasteiger charge is 2.48. The minimum Gasteiger partial charge on any atom is -0.393 e. The molecule has 0 fully saturated rings. The fourth-order valence-corrected chi connectivity index (χ4v) is 2.02. The second-order valence-electron chi connectivity index (χ2n) is 4.81. The number of nitrogens with two attached hydrogens (primary N) is 1. The molecule has 11 heteroatoms. The largest absolute Gasteiger partial charge is 0.534 e. The van der Waals surface area contributed by atoms with Crippen LogP contribution in [0.25, 0.3) is 0 Å². The predicted octanol–water partition coefficient (Wildman–Crippen LogP) is 1.37. The van der Waals surface area contributed by atoms with Gasteiger partial charge >= 0.3 is 15.6 Å². The molecule has 7 nitrogen and oxygen atoms in total. The van der Waals surface area contributed by atoms with Gasteiger partial charge in [-0.2, -0.15) is 21.6 Å². The topological polar surface area (TPSA) is 111 Å².